The highest BCUT2D eigenvalue weighted by molar-refractivity contribution is 7.92. The molecule has 0 N–H and O–H groups in total. The van der Waals surface area contributed by atoms with Crippen molar-refractivity contribution < 1.29 is 8.42 Å². The second-order valence-corrected chi connectivity index (χ2v) is 9.41. The molecule has 0 spiro atoms. The van der Waals surface area contributed by atoms with Gasteiger partial charge in [0.2, 0.25) is 10.0 Å². The summed E-state index contributed by atoms with van der Waals surface area (Å²) in [5, 5.41) is 3.70. The maximum Gasteiger partial charge on any atom is 0.239 e. The molecule has 1 aliphatic carbocycles. The van der Waals surface area contributed by atoms with E-state index in [0.717, 1.165) is 16.3 Å². The summed E-state index contributed by atoms with van der Waals surface area (Å²) in [5.41, 5.74) is 2.32. The molecule has 0 bridgehead atoms. The fraction of sp³-hybridized carbons (Fsp3) is 0.438. The first-order valence-electron chi connectivity index (χ1n) is 7.76. The number of rotatable bonds is 3. The van der Waals surface area contributed by atoms with Gasteiger partial charge in [0.1, 0.15) is 0 Å². The highest BCUT2D eigenvalue weighted by Crippen LogP contribution is 2.38. The van der Waals surface area contributed by atoms with E-state index in [1.54, 1.807) is 29.5 Å². The summed E-state index contributed by atoms with van der Waals surface area (Å²) < 4.78 is 26.4. The van der Waals surface area contributed by atoms with Crippen LogP contribution in [0.15, 0.2) is 23.6 Å². The van der Waals surface area contributed by atoms with E-state index in [1.165, 1.54) is 30.0 Å². The molecule has 2 heterocycles. The molecule has 1 aliphatic heterocycles. The third-order valence-corrected chi connectivity index (χ3v) is 7.53. The SMILES string of the molecule is O=S1(=O)Cc2ccc(Cl)cc2N1Cc1csc(C2CCCC2)n1. The molecule has 122 valence electrons. The number of sulfonamides is 1. The van der Waals surface area contributed by atoms with Gasteiger partial charge in [-0.25, -0.2) is 13.4 Å². The van der Waals surface area contributed by atoms with Crippen LogP contribution in [-0.4, -0.2) is 13.4 Å². The van der Waals surface area contributed by atoms with Crippen molar-refractivity contribution in [2.24, 2.45) is 0 Å². The molecule has 7 heteroatoms. The topological polar surface area (TPSA) is 50.3 Å². The van der Waals surface area contributed by atoms with Gasteiger partial charge in [-0.05, 0) is 30.5 Å². The van der Waals surface area contributed by atoms with Crippen LogP contribution >= 0.6 is 22.9 Å². The molecule has 4 rings (SSSR count). The molecule has 1 saturated carbocycles. The zero-order valence-corrected chi connectivity index (χ0v) is 14.9. The van der Waals surface area contributed by atoms with Crippen LogP contribution in [0.1, 0.15) is 47.9 Å². The first-order valence-corrected chi connectivity index (χ1v) is 10.6. The van der Waals surface area contributed by atoms with Crippen molar-refractivity contribution in [2.45, 2.75) is 43.9 Å². The highest BCUT2D eigenvalue weighted by atomic mass is 35.5. The van der Waals surface area contributed by atoms with Crippen LogP contribution in [0.25, 0.3) is 0 Å². The predicted octanol–water partition coefficient (Wildman–Crippen LogP) is 4.30. The number of fused-ring (bicyclic) bond motifs is 1. The lowest BCUT2D eigenvalue weighted by atomic mass is 10.1. The average Bonchev–Trinajstić information content (AvgIpc) is 3.20. The first kappa shape index (κ1) is 15.4. The number of thiazole rings is 1. The minimum atomic E-state index is -3.33. The summed E-state index contributed by atoms with van der Waals surface area (Å²) >= 11 is 7.70. The van der Waals surface area contributed by atoms with Crippen LogP contribution in [-0.2, 0) is 22.3 Å². The van der Waals surface area contributed by atoms with Gasteiger partial charge in [-0.2, -0.15) is 0 Å². The molecule has 4 nitrogen and oxygen atoms in total. The molecule has 1 aromatic heterocycles. The average molecular weight is 369 g/mol. The zero-order valence-electron chi connectivity index (χ0n) is 12.5. The van der Waals surface area contributed by atoms with Crippen LogP contribution in [0.4, 0.5) is 5.69 Å². The fourth-order valence-corrected chi connectivity index (χ4v) is 6.14. The lowest BCUT2D eigenvalue weighted by molar-refractivity contribution is 0.592. The van der Waals surface area contributed by atoms with Crippen molar-refractivity contribution in [1.29, 1.82) is 0 Å². The van der Waals surface area contributed by atoms with E-state index in [-0.39, 0.29) is 5.75 Å². The van der Waals surface area contributed by atoms with Gasteiger partial charge < -0.3 is 0 Å². The number of nitrogens with zero attached hydrogens (tertiary/aromatic N) is 2. The smallest absolute Gasteiger partial charge is 0.239 e. The van der Waals surface area contributed by atoms with Crippen LogP contribution in [0.2, 0.25) is 5.02 Å². The number of hydrogen-bond donors (Lipinski definition) is 0. The Balaban J connectivity index is 1.62. The third-order valence-electron chi connectivity index (χ3n) is 4.57. The highest BCUT2D eigenvalue weighted by Gasteiger charge is 2.34. The van der Waals surface area contributed by atoms with E-state index in [4.69, 9.17) is 16.6 Å². The van der Waals surface area contributed by atoms with Crippen LogP contribution in [0.5, 0.6) is 0 Å². The van der Waals surface area contributed by atoms with E-state index in [2.05, 4.69) is 0 Å². The second-order valence-electron chi connectivity index (χ2n) is 6.19. The van der Waals surface area contributed by atoms with Crippen molar-refractivity contribution in [3.63, 3.8) is 0 Å². The molecule has 0 amide bonds. The van der Waals surface area contributed by atoms with E-state index in [9.17, 15) is 8.42 Å². The molecular formula is C16H17ClN2O2S2. The molecule has 2 aliphatic rings. The van der Waals surface area contributed by atoms with Crippen LogP contribution in [0, 0.1) is 0 Å². The quantitative estimate of drug-likeness (QED) is 0.811. The Morgan fingerprint density at radius 1 is 1.30 bits per heavy atom. The van der Waals surface area contributed by atoms with Gasteiger partial charge in [0.05, 0.1) is 28.7 Å². The Bertz CT molecular complexity index is 842. The Morgan fingerprint density at radius 2 is 2.09 bits per heavy atom. The lowest BCUT2D eigenvalue weighted by Crippen LogP contribution is -2.26. The van der Waals surface area contributed by atoms with Gasteiger partial charge in [0.15, 0.2) is 0 Å². The molecule has 0 unspecified atom stereocenters. The summed E-state index contributed by atoms with van der Waals surface area (Å²) in [7, 11) is -3.33. The van der Waals surface area contributed by atoms with Gasteiger partial charge in [-0.1, -0.05) is 30.5 Å². The largest absolute Gasteiger partial charge is 0.264 e. The maximum atomic E-state index is 12.5. The van der Waals surface area contributed by atoms with E-state index < -0.39 is 10.0 Å². The third kappa shape index (κ3) is 2.88. The van der Waals surface area contributed by atoms with E-state index >= 15 is 0 Å². The second kappa shape index (κ2) is 5.76. The minimum absolute atomic E-state index is 0.0408. The standard InChI is InChI=1S/C16H17ClN2O2S2/c17-13-6-5-12-10-23(20,21)19(15(12)7-13)8-14-9-22-16(18-14)11-3-1-2-4-11/h5-7,9,11H,1-4,8,10H2. The minimum Gasteiger partial charge on any atom is -0.264 e. The van der Waals surface area contributed by atoms with Crippen molar-refractivity contribution in [3.05, 3.63) is 44.9 Å². The van der Waals surface area contributed by atoms with Gasteiger partial charge in [0.25, 0.3) is 0 Å². The predicted molar refractivity (Wildman–Crippen MR) is 93.6 cm³/mol. The summed E-state index contributed by atoms with van der Waals surface area (Å²) in [6, 6.07) is 5.26. The number of anilines is 1. The van der Waals surface area contributed by atoms with E-state index in [0.29, 0.717) is 23.2 Å². The Kier molecular flexibility index (Phi) is 3.86. The monoisotopic (exact) mass is 368 g/mol. The fourth-order valence-electron chi connectivity index (χ4n) is 3.40. The molecule has 23 heavy (non-hydrogen) atoms. The van der Waals surface area contributed by atoms with Crippen LogP contribution in [0.3, 0.4) is 0 Å². The summed E-state index contributed by atoms with van der Waals surface area (Å²) in [6.07, 6.45) is 4.94. The van der Waals surface area contributed by atoms with Crippen molar-refractivity contribution in [2.75, 3.05) is 4.31 Å². The molecule has 0 saturated heterocycles. The molecule has 1 fully saturated rings. The molecular weight excluding hydrogens is 352 g/mol. The van der Waals surface area contributed by atoms with Crippen LogP contribution < -0.4 is 4.31 Å². The number of benzene rings is 1. The summed E-state index contributed by atoms with van der Waals surface area (Å²) in [4.78, 5) is 4.70. The van der Waals surface area contributed by atoms with Gasteiger partial charge in [-0.3, -0.25) is 4.31 Å². The van der Waals surface area contributed by atoms with E-state index in [1.807, 2.05) is 5.38 Å². The number of halogens is 1. The van der Waals surface area contributed by atoms with Crippen molar-refractivity contribution in [1.82, 2.24) is 4.98 Å². The maximum absolute atomic E-state index is 12.5. The number of aromatic nitrogens is 1. The first-order chi connectivity index (χ1) is 11.0. The summed E-state index contributed by atoms with van der Waals surface area (Å²) in [6.45, 7) is 0.291. The normalized spacial score (nSPS) is 20.1. The Morgan fingerprint density at radius 3 is 2.87 bits per heavy atom. The Labute approximate surface area is 145 Å². The van der Waals surface area contributed by atoms with Crippen molar-refractivity contribution in [3.8, 4) is 0 Å². The van der Waals surface area contributed by atoms with Gasteiger partial charge in [0, 0.05) is 16.3 Å². The van der Waals surface area contributed by atoms with Gasteiger partial charge in [-0.15, -0.1) is 11.3 Å². The molecule has 0 atom stereocenters. The Hall–Kier alpha value is -1.11. The number of hydrogen-bond acceptors (Lipinski definition) is 4. The van der Waals surface area contributed by atoms with Crippen molar-refractivity contribution >= 4 is 38.6 Å². The zero-order chi connectivity index (χ0) is 16.0. The molecule has 2 aromatic rings. The summed E-state index contributed by atoms with van der Waals surface area (Å²) in [5.74, 6) is 0.602. The lowest BCUT2D eigenvalue weighted by Gasteiger charge is -2.17. The molecule has 0 radical (unpaired) electrons. The van der Waals surface area contributed by atoms with Gasteiger partial charge >= 0.3 is 0 Å². The molecule has 1 aromatic carbocycles.